The molecule has 400 valence electrons. The average molecular weight is 1050 g/mol. The van der Waals surface area contributed by atoms with Crippen LogP contribution in [0.15, 0.2) is 109 Å². The van der Waals surface area contributed by atoms with Gasteiger partial charge in [0.25, 0.3) is 23.6 Å². The highest BCUT2D eigenvalue weighted by Gasteiger charge is 2.19. The molecule has 0 saturated heterocycles. The topological polar surface area (TPSA) is 303 Å². The molecule has 0 fully saturated rings. The first kappa shape index (κ1) is 56.7. The molecule has 4 aromatic heterocycles. The number of hydrogen-bond acceptors (Lipinski definition) is 14. The van der Waals surface area contributed by atoms with E-state index in [4.69, 9.17) is 9.47 Å². The van der Waals surface area contributed by atoms with Crippen LogP contribution in [0.5, 0.6) is 11.5 Å². The van der Waals surface area contributed by atoms with Crippen LogP contribution in [0, 0.1) is 0 Å². The number of nitrogens with one attached hydrogen (secondary N) is 8. The monoisotopic (exact) mass is 1050 g/mol. The van der Waals surface area contributed by atoms with Crippen molar-refractivity contribution in [2.24, 2.45) is 0 Å². The maximum Gasteiger partial charge on any atom is 0.256 e. The number of carbonyl (C=O) groups excluding carboxylic acids is 8. The highest BCUT2D eigenvalue weighted by Crippen LogP contribution is 2.24. The van der Waals surface area contributed by atoms with Crippen LogP contribution in [0.25, 0.3) is 0 Å². The van der Waals surface area contributed by atoms with E-state index in [1.54, 1.807) is 48.5 Å². The molecule has 0 atom stereocenters. The molecular weight excluding hydrogens is 989 g/mol. The third kappa shape index (κ3) is 18.4. The summed E-state index contributed by atoms with van der Waals surface area (Å²) in [6, 6.07) is 27.4. The Kier molecular flexibility index (Phi) is 21.2. The van der Waals surface area contributed by atoms with Crippen molar-refractivity contribution in [1.29, 1.82) is 0 Å². The number of pyridine rings is 4. The molecule has 77 heavy (non-hydrogen) atoms. The fraction of sp³-hybridized carbons (Fsp3) is 0.273. The summed E-state index contributed by atoms with van der Waals surface area (Å²) in [7, 11) is 0. The molecule has 2 aromatic carbocycles. The second-order valence-electron chi connectivity index (χ2n) is 17.2. The Hall–Kier alpha value is -9.60. The summed E-state index contributed by atoms with van der Waals surface area (Å²) in [5.41, 5.74) is 0.0811. The number of ether oxygens (including phenoxy) is 2. The summed E-state index contributed by atoms with van der Waals surface area (Å²) in [5, 5.41) is 21.6. The SMILES string of the molecule is CCCC(=O)Nc1cccc(NC(=O)c2cc(OCCCOc3cc(C(=O)Nc4cccc(NC(=O)CCC)n4)cc(C(=O)Nc4cccc(NC(=O)CCC)n4)c3)cc(C(=O)Nc3cccc(NC(=O)CCC)n3)c2)n1. The predicted octanol–water partition coefficient (Wildman–Crippen LogP) is 9.08. The number of amides is 8. The maximum absolute atomic E-state index is 13.8. The van der Waals surface area contributed by atoms with Crippen molar-refractivity contribution in [2.45, 2.75) is 85.5 Å². The first-order valence-electron chi connectivity index (χ1n) is 25.1. The van der Waals surface area contributed by atoms with E-state index in [1.165, 1.54) is 60.7 Å². The minimum Gasteiger partial charge on any atom is -0.493 e. The standard InChI is InChI=1S/C55H60N12O10/c1-5-14-48(68)60-40-18-9-22-44(56-40)64-52(72)34-28-35(53(73)65-45-23-10-19-41(57-45)61-49(69)15-6-2)31-38(30-34)76-26-13-27-77-39-32-36(54(74)66-46-24-11-20-42(58-46)62-50(70)16-7-3)29-37(33-39)55(75)67-47-25-12-21-43(59-47)63-51(71)17-8-4/h9-12,18-25,28-33H,5-8,13-17,26-27H2,1-4H3,(H2,56,60,64,68,72)(H2,57,61,65,69,73)(H2,58,62,66,70,74)(H2,59,63,67,71,75). The molecule has 0 aliphatic rings. The Balaban J connectivity index is 1.20. The number of aromatic nitrogens is 4. The van der Waals surface area contributed by atoms with Gasteiger partial charge >= 0.3 is 0 Å². The van der Waals surface area contributed by atoms with Gasteiger partial charge in [0.1, 0.15) is 58.0 Å². The molecule has 22 heteroatoms. The van der Waals surface area contributed by atoms with Gasteiger partial charge in [-0.3, -0.25) is 38.4 Å². The Morgan fingerprint density at radius 2 is 0.558 bits per heavy atom. The first-order valence-corrected chi connectivity index (χ1v) is 25.1. The van der Waals surface area contributed by atoms with Crippen LogP contribution >= 0.6 is 0 Å². The van der Waals surface area contributed by atoms with Gasteiger partial charge in [-0.1, -0.05) is 52.0 Å². The van der Waals surface area contributed by atoms with Crippen LogP contribution in [-0.2, 0) is 19.2 Å². The lowest BCUT2D eigenvalue weighted by Crippen LogP contribution is -2.18. The minimum atomic E-state index is -0.649. The average Bonchev–Trinajstić information content (AvgIpc) is 3.39. The summed E-state index contributed by atoms with van der Waals surface area (Å²) in [5.74, 6) is -1.82. The maximum atomic E-state index is 13.8. The molecule has 6 rings (SSSR count). The Morgan fingerprint density at radius 3 is 0.779 bits per heavy atom. The van der Waals surface area contributed by atoms with Crippen molar-refractivity contribution in [3.05, 3.63) is 131 Å². The number of anilines is 8. The second-order valence-corrected chi connectivity index (χ2v) is 17.2. The summed E-state index contributed by atoms with van der Waals surface area (Å²) in [6.07, 6.45) is 3.90. The van der Waals surface area contributed by atoms with Crippen LogP contribution < -0.4 is 52.0 Å². The molecular formula is C55H60N12O10. The molecule has 0 spiro atoms. The van der Waals surface area contributed by atoms with Crippen LogP contribution in [0.4, 0.5) is 46.5 Å². The number of carbonyl (C=O) groups is 8. The van der Waals surface area contributed by atoms with Gasteiger partial charge in [0.15, 0.2) is 0 Å². The van der Waals surface area contributed by atoms with Crippen LogP contribution in [-0.4, -0.2) is 80.4 Å². The number of nitrogens with zero attached hydrogens (tertiary/aromatic N) is 4. The van der Waals surface area contributed by atoms with Crippen LogP contribution in [0.3, 0.4) is 0 Å². The lowest BCUT2D eigenvalue weighted by molar-refractivity contribution is -0.117. The van der Waals surface area contributed by atoms with Gasteiger partial charge in [0, 0.05) is 54.4 Å². The van der Waals surface area contributed by atoms with Gasteiger partial charge in [-0.15, -0.1) is 0 Å². The zero-order valence-electron chi connectivity index (χ0n) is 43.0. The van der Waals surface area contributed by atoms with E-state index in [2.05, 4.69) is 62.5 Å². The fourth-order valence-corrected chi connectivity index (χ4v) is 7.11. The van der Waals surface area contributed by atoms with E-state index in [-0.39, 0.29) is 149 Å². The third-order valence-electron chi connectivity index (χ3n) is 10.6. The van der Waals surface area contributed by atoms with E-state index in [1.807, 2.05) is 27.7 Å². The van der Waals surface area contributed by atoms with Crippen molar-refractivity contribution in [2.75, 3.05) is 55.7 Å². The lowest BCUT2D eigenvalue weighted by Gasteiger charge is -2.14. The number of hydrogen-bond donors (Lipinski definition) is 8. The van der Waals surface area contributed by atoms with Crippen molar-refractivity contribution < 1.29 is 47.8 Å². The van der Waals surface area contributed by atoms with E-state index < -0.39 is 23.6 Å². The van der Waals surface area contributed by atoms with Gasteiger partial charge in [-0.05, 0) is 111 Å². The Morgan fingerprint density at radius 1 is 0.338 bits per heavy atom. The summed E-state index contributed by atoms with van der Waals surface area (Å²) in [6.45, 7) is 7.47. The van der Waals surface area contributed by atoms with Crippen molar-refractivity contribution >= 4 is 93.8 Å². The van der Waals surface area contributed by atoms with Gasteiger partial charge in [-0.2, -0.15) is 0 Å². The number of benzene rings is 2. The highest BCUT2D eigenvalue weighted by atomic mass is 16.5. The zero-order chi connectivity index (χ0) is 55.1. The molecule has 22 nitrogen and oxygen atoms in total. The molecule has 0 unspecified atom stereocenters. The van der Waals surface area contributed by atoms with Gasteiger partial charge in [0.05, 0.1) is 13.2 Å². The molecule has 8 amide bonds. The second kappa shape index (κ2) is 28.7. The highest BCUT2D eigenvalue weighted by molar-refractivity contribution is 6.10. The molecule has 0 saturated carbocycles. The zero-order valence-corrected chi connectivity index (χ0v) is 43.0. The lowest BCUT2D eigenvalue weighted by atomic mass is 10.1. The molecule has 0 bridgehead atoms. The summed E-state index contributed by atoms with van der Waals surface area (Å²) in [4.78, 5) is 121. The minimum absolute atomic E-state index is 0.00459. The Bertz CT molecular complexity index is 2720. The van der Waals surface area contributed by atoms with Crippen molar-refractivity contribution in [1.82, 2.24) is 19.9 Å². The Labute approximate surface area is 444 Å². The van der Waals surface area contributed by atoms with Crippen LogP contribution in [0.2, 0.25) is 0 Å². The summed E-state index contributed by atoms with van der Waals surface area (Å²) >= 11 is 0. The molecule has 8 N–H and O–H groups in total. The van der Waals surface area contributed by atoms with E-state index in [0.29, 0.717) is 25.7 Å². The fourth-order valence-electron chi connectivity index (χ4n) is 7.11. The smallest absolute Gasteiger partial charge is 0.256 e. The van der Waals surface area contributed by atoms with Crippen molar-refractivity contribution in [3.8, 4) is 11.5 Å². The summed E-state index contributed by atoms with van der Waals surface area (Å²) < 4.78 is 12.2. The van der Waals surface area contributed by atoms with Gasteiger partial charge < -0.3 is 52.0 Å². The molecule has 6 aromatic rings. The molecule has 0 aliphatic heterocycles. The van der Waals surface area contributed by atoms with Crippen molar-refractivity contribution in [3.63, 3.8) is 0 Å². The molecule has 0 radical (unpaired) electrons. The van der Waals surface area contributed by atoms with Gasteiger partial charge in [-0.25, -0.2) is 19.9 Å². The van der Waals surface area contributed by atoms with Crippen LogP contribution in [0.1, 0.15) is 127 Å². The molecule has 4 heterocycles. The quantitative estimate of drug-likeness (QED) is 0.0235. The largest absolute Gasteiger partial charge is 0.493 e. The molecule has 0 aliphatic carbocycles. The third-order valence-corrected chi connectivity index (χ3v) is 10.6. The predicted molar refractivity (Wildman–Crippen MR) is 291 cm³/mol. The van der Waals surface area contributed by atoms with E-state index in [0.717, 1.165) is 0 Å². The number of rotatable bonds is 26. The normalized spacial score (nSPS) is 10.5. The first-order chi connectivity index (χ1) is 37.2. The van der Waals surface area contributed by atoms with E-state index in [9.17, 15) is 38.4 Å². The van der Waals surface area contributed by atoms with Gasteiger partial charge in [0.2, 0.25) is 23.6 Å². The van der Waals surface area contributed by atoms with E-state index >= 15 is 0 Å².